The Morgan fingerprint density at radius 1 is 1.09 bits per heavy atom. The van der Waals surface area contributed by atoms with Crippen LogP contribution in [0.15, 0.2) is 30.7 Å². The Morgan fingerprint density at radius 2 is 1.82 bits per heavy atom. The number of carbonyl (C=O) groups excluding carboxylic acids is 1. The summed E-state index contributed by atoms with van der Waals surface area (Å²) in [5.74, 6) is -2.60. The predicted molar refractivity (Wildman–Crippen MR) is 117 cm³/mol. The van der Waals surface area contributed by atoms with Crippen LogP contribution in [0.25, 0.3) is 10.6 Å². The van der Waals surface area contributed by atoms with Crippen LogP contribution in [0.3, 0.4) is 0 Å². The largest absolute Gasteiger partial charge is 0.491 e. The van der Waals surface area contributed by atoms with E-state index in [1.54, 1.807) is 6.20 Å². The third-order valence-corrected chi connectivity index (χ3v) is 5.35. The van der Waals surface area contributed by atoms with Gasteiger partial charge in [0.15, 0.2) is 0 Å². The topological polar surface area (TPSA) is 86.2 Å². The van der Waals surface area contributed by atoms with E-state index in [4.69, 9.17) is 9.47 Å². The van der Waals surface area contributed by atoms with E-state index in [9.17, 15) is 18.0 Å². The van der Waals surface area contributed by atoms with Gasteiger partial charge in [0.2, 0.25) is 5.82 Å². The Labute approximate surface area is 197 Å². The molecule has 0 radical (unpaired) electrons. The number of alkyl halides is 3. The second-order valence-electron chi connectivity index (χ2n) is 7.16. The van der Waals surface area contributed by atoms with Crippen molar-refractivity contribution in [1.29, 1.82) is 0 Å². The van der Waals surface area contributed by atoms with Gasteiger partial charge in [-0.25, -0.2) is 19.3 Å². The van der Waals surface area contributed by atoms with Crippen molar-refractivity contribution in [2.45, 2.75) is 33.0 Å². The van der Waals surface area contributed by atoms with Crippen LogP contribution < -0.4 is 10.1 Å². The smallest absolute Gasteiger partial charge is 0.451 e. The van der Waals surface area contributed by atoms with E-state index >= 15 is 4.39 Å². The van der Waals surface area contributed by atoms with E-state index < -0.39 is 23.7 Å². The summed E-state index contributed by atoms with van der Waals surface area (Å²) < 4.78 is 64.1. The second-order valence-corrected chi connectivity index (χ2v) is 8.40. The first kappa shape index (κ1) is 25.5. The van der Waals surface area contributed by atoms with Gasteiger partial charge in [-0.05, 0) is 25.5 Å². The normalized spacial score (nSPS) is 11.5. The van der Waals surface area contributed by atoms with Crippen LogP contribution >= 0.6 is 11.3 Å². The van der Waals surface area contributed by atoms with Crippen LogP contribution in [-0.4, -0.2) is 40.7 Å². The van der Waals surface area contributed by atoms with E-state index in [0.29, 0.717) is 18.2 Å². The lowest BCUT2D eigenvalue weighted by Crippen LogP contribution is -2.24. The molecular weight excluding hydrogens is 476 g/mol. The Kier molecular flexibility index (Phi) is 8.51. The first-order valence-electron chi connectivity index (χ1n) is 10.3. The summed E-state index contributed by atoms with van der Waals surface area (Å²) in [7, 11) is 0. The number of ether oxygens (including phenoxy) is 2. The summed E-state index contributed by atoms with van der Waals surface area (Å²) in [6, 6.07) is 2.73. The number of rotatable bonds is 10. The average Bonchev–Trinajstić information content (AvgIpc) is 3.23. The summed E-state index contributed by atoms with van der Waals surface area (Å²) in [5, 5.41) is 2.85. The van der Waals surface area contributed by atoms with E-state index in [-0.39, 0.29) is 35.6 Å². The number of hydrogen-bond donors (Lipinski definition) is 1. The Morgan fingerprint density at radius 3 is 2.44 bits per heavy atom. The average molecular weight is 499 g/mol. The fraction of sp³-hybridized carbons (Fsp3) is 0.364. The molecular formula is C22H22F4N4O3S. The number of carbonyl (C=O) groups is 1. The van der Waals surface area contributed by atoms with Crippen molar-refractivity contribution in [3.8, 4) is 16.3 Å². The summed E-state index contributed by atoms with van der Waals surface area (Å²) in [5.41, 5.74) is 0.0359. The van der Waals surface area contributed by atoms with Gasteiger partial charge in [-0.2, -0.15) is 13.2 Å². The van der Waals surface area contributed by atoms with Gasteiger partial charge in [0.05, 0.1) is 17.7 Å². The van der Waals surface area contributed by atoms with Gasteiger partial charge in [-0.15, -0.1) is 11.3 Å². The number of thiazole rings is 1. The van der Waals surface area contributed by atoms with Crippen LogP contribution in [0.1, 0.15) is 40.0 Å². The lowest BCUT2D eigenvalue weighted by molar-refractivity contribution is -0.145. The third-order valence-electron chi connectivity index (χ3n) is 4.40. The quantitative estimate of drug-likeness (QED) is 0.319. The highest BCUT2D eigenvalue weighted by Gasteiger charge is 2.34. The first-order valence-corrected chi connectivity index (χ1v) is 11.1. The van der Waals surface area contributed by atoms with E-state index in [1.807, 2.05) is 13.8 Å². The van der Waals surface area contributed by atoms with Crippen LogP contribution in [-0.2, 0) is 17.5 Å². The van der Waals surface area contributed by atoms with Gasteiger partial charge in [0, 0.05) is 42.2 Å². The maximum absolute atomic E-state index is 15.3. The van der Waals surface area contributed by atoms with E-state index in [2.05, 4.69) is 20.3 Å². The molecule has 2 aromatic heterocycles. The van der Waals surface area contributed by atoms with Crippen molar-refractivity contribution < 1.29 is 31.8 Å². The number of aryl methyl sites for hydroxylation is 1. The molecule has 3 aromatic rings. The molecule has 182 valence electrons. The minimum Gasteiger partial charge on any atom is -0.491 e. The van der Waals surface area contributed by atoms with Crippen LogP contribution in [0.5, 0.6) is 5.75 Å². The number of nitrogens with zero attached hydrogens (tertiary/aromatic N) is 3. The molecule has 0 aliphatic rings. The zero-order valence-corrected chi connectivity index (χ0v) is 19.2. The van der Waals surface area contributed by atoms with Crippen molar-refractivity contribution in [2.75, 3.05) is 19.8 Å². The Hall–Kier alpha value is -3.12. The molecule has 1 N–H and O–H groups in total. The van der Waals surface area contributed by atoms with Gasteiger partial charge in [-0.1, -0.05) is 6.92 Å². The monoisotopic (exact) mass is 498 g/mol. The summed E-state index contributed by atoms with van der Waals surface area (Å²) in [6.45, 7) is 4.71. The zero-order valence-electron chi connectivity index (χ0n) is 18.4. The van der Waals surface area contributed by atoms with E-state index in [1.165, 1.54) is 23.5 Å². The summed E-state index contributed by atoms with van der Waals surface area (Å²) in [4.78, 5) is 24.3. The molecule has 0 spiro atoms. The number of aromatic nitrogens is 3. The molecule has 0 bridgehead atoms. The number of hydrogen-bond acceptors (Lipinski definition) is 7. The van der Waals surface area contributed by atoms with Crippen LogP contribution in [0, 0.1) is 12.7 Å². The molecule has 34 heavy (non-hydrogen) atoms. The molecule has 3 rings (SSSR count). The number of amides is 1. The first-order chi connectivity index (χ1) is 16.2. The number of nitrogens with one attached hydrogen (secondary N) is 1. The Bertz CT molecular complexity index is 1120. The van der Waals surface area contributed by atoms with E-state index in [0.717, 1.165) is 23.7 Å². The zero-order chi connectivity index (χ0) is 24.7. The maximum Gasteiger partial charge on any atom is 0.451 e. The molecule has 2 heterocycles. The minimum absolute atomic E-state index is 0.105. The molecule has 12 heteroatoms. The Balaban J connectivity index is 1.79. The van der Waals surface area contributed by atoms with Crippen molar-refractivity contribution in [3.63, 3.8) is 0 Å². The molecule has 7 nitrogen and oxygen atoms in total. The van der Waals surface area contributed by atoms with Gasteiger partial charge >= 0.3 is 6.18 Å². The molecule has 0 unspecified atom stereocenters. The van der Waals surface area contributed by atoms with Gasteiger partial charge < -0.3 is 14.8 Å². The molecule has 1 amide bonds. The van der Waals surface area contributed by atoms with Gasteiger partial charge in [-0.3, -0.25) is 4.79 Å². The molecule has 1 aromatic carbocycles. The van der Waals surface area contributed by atoms with Crippen LogP contribution in [0.4, 0.5) is 17.6 Å². The lowest BCUT2D eigenvalue weighted by Gasteiger charge is -2.13. The number of halogens is 4. The number of benzene rings is 1. The van der Waals surface area contributed by atoms with Crippen molar-refractivity contribution in [1.82, 2.24) is 20.3 Å². The summed E-state index contributed by atoms with van der Waals surface area (Å²) >= 11 is 1.26. The van der Waals surface area contributed by atoms with Crippen molar-refractivity contribution >= 4 is 17.2 Å². The second kappa shape index (κ2) is 11.3. The van der Waals surface area contributed by atoms with Crippen molar-refractivity contribution in [3.05, 3.63) is 58.4 Å². The van der Waals surface area contributed by atoms with Crippen LogP contribution in [0.2, 0.25) is 0 Å². The summed E-state index contributed by atoms with van der Waals surface area (Å²) in [6.07, 6.45) is -0.316. The fourth-order valence-corrected chi connectivity index (χ4v) is 3.59. The molecule has 0 aliphatic carbocycles. The molecule has 0 fully saturated rings. The van der Waals surface area contributed by atoms with Gasteiger partial charge in [0.25, 0.3) is 5.91 Å². The molecule has 0 atom stereocenters. The highest BCUT2D eigenvalue weighted by molar-refractivity contribution is 7.14. The minimum atomic E-state index is -4.67. The predicted octanol–water partition coefficient (Wildman–Crippen LogP) is 4.80. The molecule has 0 aliphatic heterocycles. The molecule has 0 saturated carbocycles. The fourth-order valence-electron chi connectivity index (χ4n) is 2.82. The molecule has 0 saturated heterocycles. The standard InChI is InChI=1S/C22H22F4N4O3S/c1-3-4-32-5-6-33-15-7-16(18(23)17(8-15)20-28-9-13(2)34-20)19(31)27-10-14-11-29-21(30-12-14)22(24,25)26/h7-9,11-12H,3-6,10H2,1-2H3,(H,27,31). The lowest BCUT2D eigenvalue weighted by atomic mass is 10.1. The highest BCUT2D eigenvalue weighted by atomic mass is 32.1. The highest BCUT2D eigenvalue weighted by Crippen LogP contribution is 2.33. The van der Waals surface area contributed by atoms with Gasteiger partial charge in [0.1, 0.15) is 23.2 Å². The maximum atomic E-state index is 15.3. The van der Waals surface area contributed by atoms with Crippen molar-refractivity contribution in [2.24, 2.45) is 0 Å². The third kappa shape index (κ3) is 6.70. The SMILES string of the molecule is CCCOCCOc1cc(C(=O)NCc2cnc(C(F)(F)F)nc2)c(F)c(-c2ncc(C)s2)c1.